The molecule has 1 aliphatic rings. The summed E-state index contributed by atoms with van der Waals surface area (Å²) in [7, 11) is 1.86. The number of hydrogen-bond acceptors (Lipinski definition) is 2. The number of hydrogen-bond donors (Lipinski definition) is 2. The maximum absolute atomic E-state index is 11.5. The molecule has 74 valence electrons. The van der Waals surface area contributed by atoms with Crippen LogP contribution in [0.15, 0.2) is 12.2 Å². The average molecular weight is 182 g/mol. The quantitative estimate of drug-likeness (QED) is 0.628. The van der Waals surface area contributed by atoms with Crippen molar-refractivity contribution >= 4 is 5.91 Å². The summed E-state index contributed by atoms with van der Waals surface area (Å²) in [6, 6.07) is 0.340. The van der Waals surface area contributed by atoms with Crippen LogP contribution in [0, 0.1) is 5.92 Å². The van der Waals surface area contributed by atoms with Crippen LogP contribution in [0.3, 0.4) is 0 Å². The number of nitrogens with one attached hydrogen (secondary N) is 2. The summed E-state index contributed by atoms with van der Waals surface area (Å²) in [6.45, 7) is 2.68. The zero-order valence-electron chi connectivity index (χ0n) is 8.34. The Balaban J connectivity index is 2.23. The minimum Gasteiger partial charge on any atom is -0.352 e. The summed E-state index contributed by atoms with van der Waals surface area (Å²) in [5.74, 6) is 0.216. The third-order valence-electron chi connectivity index (χ3n) is 2.31. The fourth-order valence-electron chi connectivity index (χ4n) is 1.48. The highest BCUT2D eigenvalue weighted by atomic mass is 16.1. The summed E-state index contributed by atoms with van der Waals surface area (Å²) in [4.78, 5) is 11.5. The maximum atomic E-state index is 11.5. The van der Waals surface area contributed by atoms with Crippen LogP contribution >= 0.6 is 0 Å². The van der Waals surface area contributed by atoms with Gasteiger partial charge in [-0.3, -0.25) is 4.79 Å². The van der Waals surface area contributed by atoms with Gasteiger partial charge < -0.3 is 10.6 Å². The van der Waals surface area contributed by atoms with Gasteiger partial charge in [0, 0.05) is 18.5 Å². The molecule has 0 spiro atoms. The molecular weight excluding hydrogens is 164 g/mol. The number of amides is 1. The molecule has 13 heavy (non-hydrogen) atoms. The van der Waals surface area contributed by atoms with Gasteiger partial charge in [-0.05, 0) is 19.9 Å². The van der Waals surface area contributed by atoms with E-state index in [-0.39, 0.29) is 11.8 Å². The maximum Gasteiger partial charge on any atom is 0.224 e. The predicted molar refractivity (Wildman–Crippen MR) is 53.4 cm³/mol. The second kappa shape index (κ2) is 5.02. The SMILES string of the molecule is CNCC(C)C(=O)NC1CC=CC1. The van der Waals surface area contributed by atoms with E-state index in [1.807, 2.05) is 14.0 Å². The fraction of sp³-hybridized carbons (Fsp3) is 0.700. The monoisotopic (exact) mass is 182 g/mol. The molecule has 1 atom stereocenters. The Bertz CT molecular complexity index is 193. The lowest BCUT2D eigenvalue weighted by Crippen LogP contribution is -2.39. The van der Waals surface area contributed by atoms with Gasteiger partial charge in [-0.1, -0.05) is 19.1 Å². The molecule has 0 aromatic carbocycles. The smallest absolute Gasteiger partial charge is 0.224 e. The van der Waals surface area contributed by atoms with Gasteiger partial charge in [0.05, 0.1) is 0 Å². The van der Waals surface area contributed by atoms with Gasteiger partial charge in [0.15, 0.2) is 0 Å². The predicted octanol–water partition coefficient (Wildman–Crippen LogP) is 0.677. The molecular formula is C10H18N2O. The van der Waals surface area contributed by atoms with Crippen molar-refractivity contribution in [2.24, 2.45) is 5.92 Å². The summed E-state index contributed by atoms with van der Waals surface area (Å²) in [5.41, 5.74) is 0. The van der Waals surface area contributed by atoms with Crippen molar-refractivity contribution in [3.05, 3.63) is 12.2 Å². The van der Waals surface area contributed by atoms with Crippen LogP contribution < -0.4 is 10.6 Å². The van der Waals surface area contributed by atoms with Crippen LogP contribution in [0.5, 0.6) is 0 Å². The summed E-state index contributed by atoms with van der Waals surface area (Å²) in [5, 5.41) is 6.02. The lowest BCUT2D eigenvalue weighted by Gasteiger charge is -2.16. The van der Waals surface area contributed by atoms with Gasteiger partial charge in [-0.25, -0.2) is 0 Å². The molecule has 0 radical (unpaired) electrons. The van der Waals surface area contributed by atoms with Crippen LogP contribution in [0.1, 0.15) is 19.8 Å². The molecule has 3 nitrogen and oxygen atoms in total. The van der Waals surface area contributed by atoms with E-state index in [0.29, 0.717) is 6.04 Å². The third-order valence-corrected chi connectivity index (χ3v) is 2.31. The molecule has 0 heterocycles. The zero-order chi connectivity index (χ0) is 9.68. The lowest BCUT2D eigenvalue weighted by molar-refractivity contribution is -0.125. The molecule has 1 aliphatic carbocycles. The van der Waals surface area contributed by atoms with Crippen molar-refractivity contribution in [1.29, 1.82) is 0 Å². The van der Waals surface area contributed by atoms with Crippen molar-refractivity contribution in [1.82, 2.24) is 10.6 Å². The Morgan fingerprint density at radius 2 is 2.15 bits per heavy atom. The molecule has 0 saturated carbocycles. The zero-order valence-corrected chi connectivity index (χ0v) is 8.34. The summed E-state index contributed by atoms with van der Waals surface area (Å²) >= 11 is 0. The number of rotatable bonds is 4. The number of carbonyl (C=O) groups excluding carboxylic acids is 1. The van der Waals surface area contributed by atoms with Crippen LogP contribution in [-0.2, 0) is 4.79 Å². The molecule has 0 aliphatic heterocycles. The Morgan fingerprint density at radius 3 is 2.69 bits per heavy atom. The van der Waals surface area contributed by atoms with Crippen molar-refractivity contribution in [2.45, 2.75) is 25.8 Å². The molecule has 1 amide bonds. The van der Waals surface area contributed by atoms with E-state index in [0.717, 1.165) is 19.4 Å². The Labute approximate surface area is 79.6 Å². The van der Waals surface area contributed by atoms with E-state index in [4.69, 9.17) is 0 Å². The molecule has 0 fully saturated rings. The molecule has 0 bridgehead atoms. The first-order valence-corrected chi connectivity index (χ1v) is 4.84. The Kier molecular flexibility index (Phi) is 3.96. The van der Waals surface area contributed by atoms with E-state index in [9.17, 15) is 4.79 Å². The molecule has 1 unspecified atom stereocenters. The first kappa shape index (κ1) is 10.3. The molecule has 0 saturated heterocycles. The van der Waals surface area contributed by atoms with E-state index in [2.05, 4.69) is 22.8 Å². The van der Waals surface area contributed by atoms with Crippen molar-refractivity contribution < 1.29 is 4.79 Å². The van der Waals surface area contributed by atoms with E-state index in [1.54, 1.807) is 0 Å². The van der Waals surface area contributed by atoms with Crippen LogP contribution in [0.2, 0.25) is 0 Å². The molecule has 2 N–H and O–H groups in total. The van der Waals surface area contributed by atoms with E-state index in [1.165, 1.54) is 0 Å². The molecule has 0 aromatic rings. The van der Waals surface area contributed by atoms with Crippen LogP contribution in [0.25, 0.3) is 0 Å². The largest absolute Gasteiger partial charge is 0.352 e. The summed E-state index contributed by atoms with van der Waals surface area (Å²) < 4.78 is 0. The fourth-order valence-corrected chi connectivity index (χ4v) is 1.48. The second-order valence-corrected chi connectivity index (χ2v) is 3.61. The Morgan fingerprint density at radius 1 is 1.54 bits per heavy atom. The van der Waals surface area contributed by atoms with Gasteiger partial charge in [0.25, 0.3) is 0 Å². The minimum atomic E-state index is 0.0607. The van der Waals surface area contributed by atoms with Gasteiger partial charge >= 0.3 is 0 Å². The van der Waals surface area contributed by atoms with Crippen LogP contribution in [0.4, 0.5) is 0 Å². The van der Waals surface area contributed by atoms with Crippen LogP contribution in [-0.4, -0.2) is 25.5 Å². The van der Waals surface area contributed by atoms with E-state index < -0.39 is 0 Å². The van der Waals surface area contributed by atoms with Gasteiger partial charge in [0.2, 0.25) is 5.91 Å². The standard InChI is InChI=1S/C10H18N2O/c1-8(7-11-2)10(13)12-9-5-3-4-6-9/h3-4,8-9,11H,5-7H2,1-2H3,(H,12,13). The summed E-state index contributed by atoms with van der Waals surface area (Å²) in [6.07, 6.45) is 6.21. The van der Waals surface area contributed by atoms with Gasteiger partial charge in [0.1, 0.15) is 0 Å². The molecule has 3 heteroatoms. The first-order valence-electron chi connectivity index (χ1n) is 4.84. The van der Waals surface area contributed by atoms with Crippen molar-refractivity contribution in [3.63, 3.8) is 0 Å². The van der Waals surface area contributed by atoms with Crippen molar-refractivity contribution in [3.8, 4) is 0 Å². The van der Waals surface area contributed by atoms with Gasteiger partial charge in [-0.15, -0.1) is 0 Å². The highest BCUT2D eigenvalue weighted by Crippen LogP contribution is 2.09. The number of carbonyl (C=O) groups is 1. The molecule has 0 aromatic heterocycles. The minimum absolute atomic E-state index is 0.0607. The topological polar surface area (TPSA) is 41.1 Å². The highest BCUT2D eigenvalue weighted by Gasteiger charge is 2.17. The van der Waals surface area contributed by atoms with E-state index >= 15 is 0 Å². The van der Waals surface area contributed by atoms with Crippen molar-refractivity contribution in [2.75, 3.05) is 13.6 Å². The Hall–Kier alpha value is -0.830. The molecule has 1 rings (SSSR count). The lowest BCUT2D eigenvalue weighted by atomic mass is 10.1. The van der Waals surface area contributed by atoms with Gasteiger partial charge in [-0.2, -0.15) is 0 Å². The normalized spacial score (nSPS) is 18.9. The average Bonchev–Trinajstić information content (AvgIpc) is 2.57. The highest BCUT2D eigenvalue weighted by molar-refractivity contribution is 5.78. The third kappa shape index (κ3) is 3.19. The first-order chi connectivity index (χ1) is 6.24. The second-order valence-electron chi connectivity index (χ2n) is 3.61.